The van der Waals surface area contributed by atoms with E-state index in [1.807, 2.05) is 18.5 Å². The number of nitrogens with zero attached hydrogens (tertiary/aromatic N) is 2. The van der Waals surface area contributed by atoms with Crippen molar-refractivity contribution in [3.63, 3.8) is 0 Å². The highest BCUT2D eigenvalue weighted by atomic mass is 32.1. The largest absolute Gasteiger partial charge is 0.465 e. The van der Waals surface area contributed by atoms with Crippen molar-refractivity contribution >= 4 is 34.3 Å². The second-order valence-electron chi connectivity index (χ2n) is 6.23. The van der Waals surface area contributed by atoms with Crippen molar-refractivity contribution in [2.75, 3.05) is 12.4 Å². The van der Waals surface area contributed by atoms with Gasteiger partial charge in [-0.25, -0.2) is 4.79 Å². The van der Waals surface area contributed by atoms with Crippen LogP contribution in [0.4, 0.5) is 5.00 Å². The van der Waals surface area contributed by atoms with Gasteiger partial charge >= 0.3 is 5.97 Å². The molecule has 0 aliphatic heterocycles. The number of carbonyl (C=O) groups is 2. The molecule has 7 heteroatoms. The molecule has 1 aliphatic carbocycles. The van der Waals surface area contributed by atoms with E-state index in [1.54, 1.807) is 12.3 Å². The lowest BCUT2D eigenvalue weighted by molar-refractivity contribution is -0.111. The maximum Gasteiger partial charge on any atom is 0.341 e. The molecule has 138 valence electrons. The van der Waals surface area contributed by atoms with Crippen molar-refractivity contribution in [1.29, 1.82) is 0 Å². The van der Waals surface area contributed by atoms with Gasteiger partial charge in [-0.2, -0.15) is 5.10 Å². The zero-order chi connectivity index (χ0) is 18.7. The summed E-state index contributed by atoms with van der Waals surface area (Å²) in [6.07, 6.45) is 8.94. The number of aryl methyl sites for hydroxylation is 2. The van der Waals surface area contributed by atoms with Crippen LogP contribution in [0.5, 0.6) is 0 Å². The first kappa shape index (κ1) is 18.4. The van der Waals surface area contributed by atoms with Crippen LogP contribution in [-0.2, 0) is 28.9 Å². The number of anilines is 1. The minimum absolute atomic E-state index is 0.266. The summed E-state index contributed by atoms with van der Waals surface area (Å²) in [4.78, 5) is 25.8. The number of nitrogens with one attached hydrogen (secondary N) is 1. The number of aromatic nitrogens is 2. The number of thiophene rings is 1. The van der Waals surface area contributed by atoms with Gasteiger partial charge in [0, 0.05) is 28.8 Å². The number of fused-ring (bicyclic) bond motifs is 1. The average Bonchev–Trinajstić information content (AvgIpc) is 3.19. The Morgan fingerprint density at radius 3 is 2.85 bits per heavy atom. The number of amides is 1. The van der Waals surface area contributed by atoms with Gasteiger partial charge in [0.05, 0.1) is 18.9 Å². The fraction of sp³-hybridized carbons (Fsp3) is 0.421. The Morgan fingerprint density at radius 2 is 2.15 bits per heavy atom. The molecule has 0 spiro atoms. The van der Waals surface area contributed by atoms with Gasteiger partial charge in [0.1, 0.15) is 5.00 Å². The second-order valence-corrected chi connectivity index (χ2v) is 7.34. The van der Waals surface area contributed by atoms with Gasteiger partial charge in [0.2, 0.25) is 5.91 Å². The number of methoxy groups -OCH3 is 1. The standard InChI is InChI=1S/C19H23N3O3S/c1-4-22-12(2)13(11-20-22)9-10-16(23)21-18-17(19(24)25-3)14-7-5-6-8-15(14)26-18/h9-11H,4-8H2,1-3H3,(H,21,23)/b10-9+. The molecule has 26 heavy (non-hydrogen) atoms. The van der Waals surface area contributed by atoms with Gasteiger partial charge in [-0.1, -0.05) is 0 Å². The Balaban J connectivity index is 1.80. The van der Waals surface area contributed by atoms with Gasteiger partial charge in [-0.15, -0.1) is 11.3 Å². The Morgan fingerprint density at radius 1 is 1.38 bits per heavy atom. The highest BCUT2D eigenvalue weighted by Gasteiger charge is 2.26. The molecule has 0 unspecified atom stereocenters. The van der Waals surface area contributed by atoms with Gasteiger partial charge < -0.3 is 10.1 Å². The number of esters is 1. The first-order valence-electron chi connectivity index (χ1n) is 8.79. The lowest BCUT2D eigenvalue weighted by Gasteiger charge is -2.11. The van der Waals surface area contributed by atoms with E-state index in [-0.39, 0.29) is 11.9 Å². The molecule has 0 saturated carbocycles. The summed E-state index contributed by atoms with van der Waals surface area (Å²) < 4.78 is 6.81. The number of ether oxygens (including phenoxy) is 1. The third-order valence-corrected chi connectivity index (χ3v) is 5.86. The van der Waals surface area contributed by atoms with E-state index in [4.69, 9.17) is 4.74 Å². The topological polar surface area (TPSA) is 73.2 Å². The molecule has 1 N–H and O–H groups in total. The number of rotatable bonds is 5. The fourth-order valence-electron chi connectivity index (χ4n) is 3.23. The summed E-state index contributed by atoms with van der Waals surface area (Å²) in [5.41, 5.74) is 3.47. The maximum absolute atomic E-state index is 12.4. The molecule has 0 fully saturated rings. The van der Waals surface area contributed by atoms with Crippen molar-refractivity contribution in [3.05, 3.63) is 39.5 Å². The summed E-state index contributed by atoms with van der Waals surface area (Å²) in [5.74, 6) is -0.652. The van der Waals surface area contributed by atoms with Crippen LogP contribution >= 0.6 is 11.3 Å². The maximum atomic E-state index is 12.4. The Kier molecular flexibility index (Phi) is 5.56. The molecule has 3 rings (SSSR count). The third-order valence-electron chi connectivity index (χ3n) is 4.65. The van der Waals surface area contributed by atoms with E-state index in [0.29, 0.717) is 10.6 Å². The van der Waals surface area contributed by atoms with Crippen LogP contribution in [0.25, 0.3) is 6.08 Å². The van der Waals surface area contributed by atoms with E-state index < -0.39 is 0 Å². The summed E-state index contributed by atoms with van der Waals surface area (Å²) in [5, 5.41) is 7.70. The highest BCUT2D eigenvalue weighted by Crippen LogP contribution is 2.38. The van der Waals surface area contributed by atoms with Crippen LogP contribution in [0.15, 0.2) is 12.3 Å². The second kappa shape index (κ2) is 7.86. The molecule has 0 atom stereocenters. The predicted molar refractivity (Wildman–Crippen MR) is 103 cm³/mol. The third kappa shape index (κ3) is 3.58. The zero-order valence-corrected chi connectivity index (χ0v) is 16.1. The Labute approximate surface area is 156 Å². The van der Waals surface area contributed by atoms with Crippen LogP contribution in [0.2, 0.25) is 0 Å². The van der Waals surface area contributed by atoms with Crippen LogP contribution in [-0.4, -0.2) is 28.8 Å². The quantitative estimate of drug-likeness (QED) is 0.642. The van der Waals surface area contributed by atoms with Crippen molar-refractivity contribution in [2.45, 2.75) is 46.1 Å². The molecule has 0 bridgehead atoms. The van der Waals surface area contributed by atoms with Crippen LogP contribution in [0.3, 0.4) is 0 Å². The van der Waals surface area contributed by atoms with E-state index in [0.717, 1.165) is 49.0 Å². The molecule has 0 saturated heterocycles. The Hall–Kier alpha value is -2.41. The van der Waals surface area contributed by atoms with Crippen LogP contribution in [0, 0.1) is 6.92 Å². The zero-order valence-electron chi connectivity index (χ0n) is 15.3. The van der Waals surface area contributed by atoms with Crippen molar-refractivity contribution in [2.24, 2.45) is 0 Å². The number of hydrogen-bond acceptors (Lipinski definition) is 5. The molecular weight excluding hydrogens is 350 g/mol. The molecule has 1 aliphatic rings. The molecule has 2 aromatic rings. The normalized spacial score (nSPS) is 13.7. The Bertz CT molecular complexity index is 864. The van der Waals surface area contributed by atoms with Crippen LogP contribution < -0.4 is 5.32 Å². The lowest BCUT2D eigenvalue weighted by Crippen LogP contribution is -2.13. The first-order valence-corrected chi connectivity index (χ1v) is 9.61. The average molecular weight is 373 g/mol. The van der Waals surface area contributed by atoms with Gasteiger partial charge in [0.25, 0.3) is 0 Å². The van der Waals surface area contributed by atoms with E-state index in [1.165, 1.54) is 29.4 Å². The summed E-state index contributed by atoms with van der Waals surface area (Å²) in [6, 6.07) is 0. The van der Waals surface area contributed by atoms with Crippen molar-refractivity contribution < 1.29 is 14.3 Å². The lowest BCUT2D eigenvalue weighted by atomic mass is 9.95. The number of carbonyl (C=O) groups excluding carboxylic acids is 2. The molecule has 2 heterocycles. The van der Waals surface area contributed by atoms with E-state index >= 15 is 0 Å². The van der Waals surface area contributed by atoms with Gasteiger partial charge in [0.15, 0.2) is 0 Å². The summed E-state index contributed by atoms with van der Waals surface area (Å²) in [6.45, 7) is 4.78. The first-order chi connectivity index (χ1) is 12.5. The highest BCUT2D eigenvalue weighted by molar-refractivity contribution is 7.17. The molecule has 6 nitrogen and oxygen atoms in total. The summed E-state index contributed by atoms with van der Waals surface area (Å²) >= 11 is 1.48. The van der Waals surface area contributed by atoms with Crippen molar-refractivity contribution in [3.8, 4) is 0 Å². The molecule has 0 aromatic carbocycles. The van der Waals surface area contributed by atoms with Gasteiger partial charge in [-0.3, -0.25) is 9.48 Å². The predicted octanol–water partition coefficient (Wildman–Crippen LogP) is 3.59. The molecule has 1 amide bonds. The molecule has 2 aromatic heterocycles. The molecule has 0 radical (unpaired) electrons. The summed E-state index contributed by atoms with van der Waals surface area (Å²) in [7, 11) is 1.37. The van der Waals surface area contributed by atoms with E-state index in [2.05, 4.69) is 10.4 Å². The van der Waals surface area contributed by atoms with E-state index in [9.17, 15) is 9.59 Å². The van der Waals surface area contributed by atoms with Crippen molar-refractivity contribution in [1.82, 2.24) is 9.78 Å². The fourth-order valence-corrected chi connectivity index (χ4v) is 4.51. The molecular formula is C19H23N3O3S. The minimum Gasteiger partial charge on any atom is -0.465 e. The minimum atomic E-state index is -0.385. The smallest absolute Gasteiger partial charge is 0.341 e. The van der Waals surface area contributed by atoms with Gasteiger partial charge in [-0.05, 0) is 51.2 Å². The SMILES string of the molecule is CCn1ncc(/C=C/C(=O)Nc2sc3c(c2C(=O)OC)CCCC3)c1C. The number of hydrogen-bond donors (Lipinski definition) is 1. The van der Waals surface area contributed by atoms with Crippen LogP contribution in [0.1, 0.15) is 51.8 Å². The monoisotopic (exact) mass is 373 g/mol.